The van der Waals surface area contributed by atoms with E-state index in [0.29, 0.717) is 11.9 Å². The van der Waals surface area contributed by atoms with Gasteiger partial charge >= 0.3 is 0 Å². The minimum atomic E-state index is -0.0978. The van der Waals surface area contributed by atoms with Crippen LogP contribution in [0.4, 0.5) is 16.2 Å². The van der Waals surface area contributed by atoms with Crippen LogP contribution < -0.4 is 10.6 Å². The van der Waals surface area contributed by atoms with Crippen LogP contribution >= 0.6 is 0 Å². The number of halogens is 1. The zero-order chi connectivity index (χ0) is 16.2. The number of aromatic nitrogens is 2. The predicted molar refractivity (Wildman–Crippen MR) is 90.8 cm³/mol. The first-order valence-corrected chi connectivity index (χ1v) is 8.21. The standard InChI is InChI=1S/C18H23FN4/c1-13-11-17(22-18(20)21-13)23-10-4-5-14(12-23)8-9-15-6-2-3-7-16(15)19/h2-3,6-7,11,14H,4-5,8-10,12H2,1H3,(H2,20,21,22)/t14-/m0/s1. The predicted octanol–water partition coefficient (Wildman–Crippen LogP) is 3.36. The number of anilines is 2. The van der Waals surface area contributed by atoms with Gasteiger partial charge in [0.2, 0.25) is 5.95 Å². The van der Waals surface area contributed by atoms with Gasteiger partial charge in [0.25, 0.3) is 0 Å². The van der Waals surface area contributed by atoms with E-state index in [9.17, 15) is 4.39 Å². The Hall–Kier alpha value is -2.17. The van der Waals surface area contributed by atoms with Crippen LogP contribution in [0.1, 0.15) is 30.5 Å². The number of hydrogen-bond donors (Lipinski definition) is 1. The summed E-state index contributed by atoms with van der Waals surface area (Å²) >= 11 is 0. The molecule has 1 fully saturated rings. The minimum absolute atomic E-state index is 0.0978. The van der Waals surface area contributed by atoms with E-state index in [0.717, 1.165) is 49.4 Å². The summed E-state index contributed by atoms with van der Waals surface area (Å²) in [6.45, 7) is 3.87. The highest BCUT2D eigenvalue weighted by Gasteiger charge is 2.21. The SMILES string of the molecule is Cc1cc(N2CCC[C@@H](CCc3ccccc3F)C2)nc(N)n1. The number of nitrogens with two attached hydrogens (primary N) is 1. The Balaban J connectivity index is 1.63. The summed E-state index contributed by atoms with van der Waals surface area (Å²) in [5, 5.41) is 0. The maximum atomic E-state index is 13.7. The lowest BCUT2D eigenvalue weighted by molar-refractivity contribution is 0.388. The number of aryl methyl sites for hydroxylation is 2. The number of piperidine rings is 1. The number of nitrogens with zero attached hydrogens (tertiary/aromatic N) is 3. The summed E-state index contributed by atoms with van der Waals surface area (Å²) in [6.07, 6.45) is 4.10. The highest BCUT2D eigenvalue weighted by Crippen LogP contribution is 2.26. The van der Waals surface area contributed by atoms with Gasteiger partial charge in [-0.15, -0.1) is 0 Å². The van der Waals surface area contributed by atoms with Gasteiger partial charge in [-0.25, -0.2) is 9.37 Å². The van der Waals surface area contributed by atoms with Crippen molar-refractivity contribution in [3.8, 4) is 0 Å². The highest BCUT2D eigenvalue weighted by molar-refractivity contribution is 5.43. The van der Waals surface area contributed by atoms with Crippen LogP contribution in [0.2, 0.25) is 0 Å². The second-order valence-electron chi connectivity index (χ2n) is 6.31. The van der Waals surface area contributed by atoms with Gasteiger partial charge in [0.1, 0.15) is 11.6 Å². The number of hydrogen-bond acceptors (Lipinski definition) is 4. The maximum Gasteiger partial charge on any atom is 0.222 e. The van der Waals surface area contributed by atoms with Crippen molar-refractivity contribution >= 4 is 11.8 Å². The van der Waals surface area contributed by atoms with Crippen molar-refractivity contribution in [2.45, 2.75) is 32.6 Å². The van der Waals surface area contributed by atoms with E-state index in [1.165, 1.54) is 12.5 Å². The molecule has 0 amide bonds. The molecule has 2 heterocycles. The van der Waals surface area contributed by atoms with E-state index in [4.69, 9.17) is 5.73 Å². The van der Waals surface area contributed by atoms with Crippen molar-refractivity contribution in [3.63, 3.8) is 0 Å². The molecule has 0 spiro atoms. The third-order valence-corrected chi connectivity index (χ3v) is 4.48. The van der Waals surface area contributed by atoms with Crippen molar-refractivity contribution in [3.05, 3.63) is 47.4 Å². The summed E-state index contributed by atoms with van der Waals surface area (Å²) in [4.78, 5) is 10.8. The Morgan fingerprint density at radius 3 is 2.91 bits per heavy atom. The highest BCUT2D eigenvalue weighted by atomic mass is 19.1. The second-order valence-corrected chi connectivity index (χ2v) is 6.31. The van der Waals surface area contributed by atoms with E-state index in [-0.39, 0.29) is 5.82 Å². The van der Waals surface area contributed by atoms with Crippen LogP contribution in [0, 0.1) is 18.7 Å². The van der Waals surface area contributed by atoms with E-state index >= 15 is 0 Å². The molecule has 3 rings (SSSR count). The molecule has 23 heavy (non-hydrogen) atoms. The van der Waals surface area contributed by atoms with Crippen LogP contribution in [-0.4, -0.2) is 23.1 Å². The van der Waals surface area contributed by atoms with Crippen molar-refractivity contribution in [1.29, 1.82) is 0 Å². The third kappa shape index (κ3) is 3.97. The molecule has 5 heteroatoms. The second kappa shape index (κ2) is 6.94. The largest absolute Gasteiger partial charge is 0.368 e. The summed E-state index contributed by atoms with van der Waals surface area (Å²) in [7, 11) is 0. The normalized spacial score (nSPS) is 18.2. The minimum Gasteiger partial charge on any atom is -0.368 e. The fraction of sp³-hybridized carbons (Fsp3) is 0.444. The van der Waals surface area contributed by atoms with Crippen molar-refractivity contribution in [1.82, 2.24) is 9.97 Å². The van der Waals surface area contributed by atoms with Crippen LogP contribution in [0.5, 0.6) is 0 Å². The third-order valence-electron chi connectivity index (χ3n) is 4.48. The quantitative estimate of drug-likeness (QED) is 0.940. The molecule has 0 saturated carbocycles. The zero-order valence-electron chi connectivity index (χ0n) is 13.5. The summed E-state index contributed by atoms with van der Waals surface area (Å²) < 4.78 is 13.7. The summed E-state index contributed by atoms with van der Waals surface area (Å²) in [6, 6.07) is 9.04. The average molecular weight is 314 g/mol. The van der Waals surface area contributed by atoms with Crippen molar-refractivity contribution in [2.24, 2.45) is 5.92 Å². The average Bonchev–Trinajstić information content (AvgIpc) is 2.53. The Kier molecular flexibility index (Phi) is 4.74. The van der Waals surface area contributed by atoms with Crippen LogP contribution in [-0.2, 0) is 6.42 Å². The van der Waals surface area contributed by atoms with Crippen LogP contribution in [0.25, 0.3) is 0 Å². The summed E-state index contributed by atoms with van der Waals surface area (Å²) in [5.74, 6) is 1.69. The lowest BCUT2D eigenvalue weighted by Gasteiger charge is -2.33. The number of benzene rings is 1. The van der Waals surface area contributed by atoms with Crippen LogP contribution in [0.3, 0.4) is 0 Å². The molecule has 1 atom stereocenters. The lowest BCUT2D eigenvalue weighted by Crippen LogP contribution is -2.36. The van der Waals surface area contributed by atoms with Gasteiger partial charge in [-0.1, -0.05) is 18.2 Å². The first-order valence-electron chi connectivity index (χ1n) is 8.21. The lowest BCUT2D eigenvalue weighted by atomic mass is 9.91. The molecular weight excluding hydrogens is 291 g/mol. The van der Waals surface area contributed by atoms with E-state index < -0.39 is 0 Å². The maximum absolute atomic E-state index is 13.7. The van der Waals surface area contributed by atoms with Gasteiger partial charge in [0.15, 0.2) is 0 Å². The van der Waals surface area contributed by atoms with Crippen molar-refractivity contribution in [2.75, 3.05) is 23.7 Å². The van der Waals surface area contributed by atoms with E-state index in [2.05, 4.69) is 14.9 Å². The topological polar surface area (TPSA) is 55.0 Å². The Labute approximate surface area is 136 Å². The molecule has 0 radical (unpaired) electrons. The smallest absolute Gasteiger partial charge is 0.222 e. The van der Waals surface area contributed by atoms with Gasteiger partial charge in [0, 0.05) is 24.8 Å². The first kappa shape index (κ1) is 15.7. The summed E-state index contributed by atoms with van der Waals surface area (Å²) in [5.41, 5.74) is 7.46. The zero-order valence-corrected chi connectivity index (χ0v) is 13.5. The number of rotatable bonds is 4. The Bertz CT molecular complexity index is 654. The fourth-order valence-corrected chi connectivity index (χ4v) is 3.31. The molecule has 2 aromatic rings. The van der Waals surface area contributed by atoms with Gasteiger partial charge in [0.05, 0.1) is 0 Å². The molecule has 1 aromatic heterocycles. The molecule has 1 aliphatic rings. The molecule has 1 aliphatic heterocycles. The van der Waals surface area contributed by atoms with E-state index in [1.807, 2.05) is 25.1 Å². The fourth-order valence-electron chi connectivity index (χ4n) is 3.31. The molecule has 1 aromatic carbocycles. The molecule has 122 valence electrons. The van der Waals surface area contributed by atoms with Gasteiger partial charge in [-0.2, -0.15) is 4.98 Å². The van der Waals surface area contributed by atoms with Gasteiger partial charge < -0.3 is 10.6 Å². The van der Waals surface area contributed by atoms with Crippen molar-refractivity contribution < 1.29 is 4.39 Å². The van der Waals surface area contributed by atoms with Gasteiger partial charge in [-0.3, -0.25) is 0 Å². The molecule has 0 bridgehead atoms. The number of nitrogen functional groups attached to an aromatic ring is 1. The molecule has 4 nitrogen and oxygen atoms in total. The molecule has 1 saturated heterocycles. The monoisotopic (exact) mass is 314 g/mol. The van der Waals surface area contributed by atoms with Crippen LogP contribution in [0.15, 0.2) is 30.3 Å². The first-order chi connectivity index (χ1) is 11.1. The molecule has 2 N–H and O–H groups in total. The van der Waals surface area contributed by atoms with E-state index in [1.54, 1.807) is 6.07 Å². The molecule has 0 unspecified atom stereocenters. The molecule has 0 aliphatic carbocycles. The Morgan fingerprint density at radius 2 is 2.13 bits per heavy atom. The molecular formula is C18H23FN4. The Morgan fingerprint density at radius 1 is 1.30 bits per heavy atom. The van der Waals surface area contributed by atoms with Gasteiger partial charge in [-0.05, 0) is 50.2 Å².